The highest BCUT2D eigenvalue weighted by Gasteiger charge is 2.25. The minimum absolute atomic E-state index is 0.0859. The molecule has 0 saturated carbocycles. The molecule has 4 rings (SSSR count). The number of anilines is 2. The molecule has 1 aromatic carbocycles. The Morgan fingerprint density at radius 3 is 2.62 bits per heavy atom. The van der Waals surface area contributed by atoms with Gasteiger partial charge in [0.1, 0.15) is 0 Å². The summed E-state index contributed by atoms with van der Waals surface area (Å²) < 4.78 is 64.0. The molecule has 174 valence electrons. The minimum atomic E-state index is -1.94. The fourth-order valence-corrected chi connectivity index (χ4v) is 3.89. The van der Waals surface area contributed by atoms with E-state index in [1.165, 1.54) is 24.8 Å². The van der Waals surface area contributed by atoms with Gasteiger partial charge in [0, 0.05) is 43.5 Å². The average Bonchev–Trinajstić information content (AvgIpc) is 2.86. The zero-order valence-electron chi connectivity index (χ0n) is 17.6. The van der Waals surface area contributed by atoms with E-state index >= 15 is 0 Å². The van der Waals surface area contributed by atoms with Crippen molar-refractivity contribution in [1.29, 1.82) is 0 Å². The van der Waals surface area contributed by atoms with E-state index in [1.54, 1.807) is 37.4 Å². The van der Waals surface area contributed by atoms with Crippen molar-refractivity contribution in [1.82, 2.24) is 19.9 Å². The van der Waals surface area contributed by atoms with Crippen LogP contribution < -0.4 is 14.8 Å². The molecule has 0 radical (unpaired) electrons. The second kappa shape index (κ2) is 10.4. The fourth-order valence-electron chi connectivity index (χ4n) is 2.93. The third kappa shape index (κ3) is 5.18. The second-order valence-electron chi connectivity index (χ2n) is 6.79. The minimum Gasteiger partial charge on any atom is -0.593 e. The molecule has 4 aromatic rings. The van der Waals surface area contributed by atoms with Gasteiger partial charge < -0.3 is 14.6 Å². The number of nitrogens with one attached hydrogen (secondary N) is 2. The maximum absolute atomic E-state index is 14.8. The molecule has 3 heterocycles. The van der Waals surface area contributed by atoms with Gasteiger partial charge >= 0.3 is 0 Å². The molecular formula is C22H17F3N6O2S. The SMILES string of the molecule is CNc1nccc(-c2cccnc2Oc2cc(F)c(N[S+]([O-])Cc3cccnc3)c(F)c2F)n1. The van der Waals surface area contributed by atoms with Crippen LogP contribution >= 0.6 is 0 Å². The summed E-state index contributed by atoms with van der Waals surface area (Å²) >= 11 is -1.94. The fraction of sp³-hybridized carbons (Fsp3) is 0.0909. The predicted molar refractivity (Wildman–Crippen MR) is 121 cm³/mol. The van der Waals surface area contributed by atoms with Gasteiger partial charge in [-0.2, -0.15) is 4.39 Å². The van der Waals surface area contributed by atoms with E-state index in [0.29, 0.717) is 28.8 Å². The summed E-state index contributed by atoms with van der Waals surface area (Å²) in [6.07, 6.45) is 5.87. The number of nitrogens with zero attached hydrogens (tertiary/aromatic N) is 4. The van der Waals surface area contributed by atoms with Crippen molar-refractivity contribution in [2.75, 3.05) is 17.1 Å². The van der Waals surface area contributed by atoms with Crippen LogP contribution in [0.25, 0.3) is 11.3 Å². The number of pyridine rings is 2. The monoisotopic (exact) mass is 486 g/mol. The standard InChI is InChI=1S/C22H17F3N6O2S/c1-26-22-29-9-6-16(30-22)14-5-3-8-28-21(14)33-17-10-15(23)20(19(25)18(17)24)31-34(32)12-13-4-2-7-27-11-13/h2-11,31H,12H2,1H3,(H,26,29,30). The number of ether oxygens (including phenoxy) is 1. The zero-order valence-corrected chi connectivity index (χ0v) is 18.4. The van der Waals surface area contributed by atoms with Crippen molar-refractivity contribution in [3.8, 4) is 22.9 Å². The lowest BCUT2D eigenvalue weighted by Crippen LogP contribution is -2.18. The van der Waals surface area contributed by atoms with E-state index in [4.69, 9.17) is 4.74 Å². The van der Waals surface area contributed by atoms with Crippen LogP contribution in [0.1, 0.15) is 5.56 Å². The molecule has 34 heavy (non-hydrogen) atoms. The van der Waals surface area contributed by atoms with E-state index in [-0.39, 0.29) is 11.6 Å². The molecule has 1 unspecified atom stereocenters. The van der Waals surface area contributed by atoms with E-state index in [0.717, 1.165) is 0 Å². The van der Waals surface area contributed by atoms with Crippen LogP contribution in [0.4, 0.5) is 24.8 Å². The second-order valence-corrected chi connectivity index (χ2v) is 7.97. The smallest absolute Gasteiger partial charge is 0.228 e. The normalized spacial score (nSPS) is 11.7. The Hall–Kier alpha value is -3.90. The van der Waals surface area contributed by atoms with Crippen molar-refractivity contribution in [3.05, 3.63) is 84.2 Å². The highest BCUT2D eigenvalue weighted by molar-refractivity contribution is 7.91. The first kappa shape index (κ1) is 23.3. The van der Waals surface area contributed by atoms with Gasteiger partial charge in [0.2, 0.25) is 17.6 Å². The van der Waals surface area contributed by atoms with Crippen molar-refractivity contribution < 1.29 is 22.5 Å². The van der Waals surface area contributed by atoms with Crippen LogP contribution in [-0.4, -0.2) is 31.5 Å². The molecule has 0 aliphatic carbocycles. The maximum Gasteiger partial charge on any atom is 0.228 e. The van der Waals surface area contributed by atoms with Crippen molar-refractivity contribution in [2.45, 2.75) is 5.75 Å². The Balaban J connectivity index is 1.60. The van der Waals surface area contributed by atoms with E-state index in [1.807, 2.05) is 0 Å². The van der Waals surface area contributed by atoms with Crippen molar-refractivity contribution >= 4 is 23.0 Å². The number of aromatic nitrogens is 4. The molecule has 1 atom stereocenters. The summed E-state index contributed by atoms with van der Waals surface area (Å²) in [5.74, 6) is -4.86. The number of hydrogen-bond acceptors (Lipinski definition) is 8. The quantitative estimate of drug-likeness (QED) is 0.278. The lowest BCUT2D eigenvalue weighted by Gasteiger charge is -2.15. The Morgan fingerprint density at radius 1 is 1.03 bits per heavy atom. The van der Waals surface area contributed by atoms with E-state index in [9.17, 15) is 17.7 Å². The average molecular weight is 486 g/mol. The van der Waals surface area contributed by atoms with Crippen LogP contribution in [0.5, 0.6) is 11.6 Å². The Labute approximate surface area is 195 Å². The van der Waals surface area contributed by atoms with Gasteiger partial charge in [0.25, 0.3) is 0 Å². The Bertz CT molecular complexity index is 1300. The third-order valence-electron chi connectivity index (χ3n) is 4.49. The first-order valence-corrected chi connectivity index (χ1v) is 11.1. The molecule has 0 aliphatic rings. The lowest BCUT2D eigenvalue weighted by molar-refractivity contribution is 0.401. The van der Waals surface area contributed by atoms with Gasteiger partial charge in [-0.1, -0.05) is 6.07 Å². The number of rotatable bonds is 8. The van der Waals surface area contributed by atoms with Crippen LogP contribution in [-0.2, 0) is 17.1 Å². The van der Waals surface area contributed by atoms with Crippen LogP contribution in [0.3, 0.4) is 0 Å². The summed E-state index contributed by atoms with van der Waals surface area (Å²) in [6.45, 7) is 0. The van der Waals surface area contributed by atoms with Gasteiger partial charge in [0.15, 0.2) is 28.8 Å². The van der Waals surface area contributed by atoms with Crippen molar-refractivity contribution in [3.63, 3.8) is 0 Å². The molecule has 0 aliphatic heterocycles. The van der Waals surface area contributed by atoms with Crippen LogP contribution in [0, 0.1) is 17.5 Å². The highest BCUT2D eigenvalue weighted by atomic mass is 32.2. The first-order chi connectivity index (χ1) is 16.5. The molecule has 3 aromatic heterocycles. The summed E-state index contributed by atoms with van der Waals surface area (Å²) in [4.78, 5) is 16.2. The van der Waals surface area contributed by atoms with Gasteiger partial charge in [-0.3, -0.25) is 4.98 Å². The summed E-state index contributed by atoms with van der Waals surface area (Å²) in [5.41, 5.74) is 0.445. The molecule has 0 saturated heterocycles. The van der Waals surface area contributed by atoms with Crippen molar-refractivity contribution in [2.24, 2.45) is 0 Å². The van der Waals surface area contributed by atoms with Gasteiger partial charge in [-0.15, -0.1) is 0 Å². The molecule has 0 fully saturated rings. The van der Waals surface area contributed by atoms with Gasteiger partial charge in [-0.25, -0.2) is 28.5 Å². The topological polar surface area (TPSA) is 108 Å². The van der Waals surface area contributed by atoms with E-state index < -0.39 is 40.3 Å². The molecule has 0 bridgehead atoms. The molecule has 0 amide bonds. The lowest BCUT2D eigenvalue weighted by atomic mass is 10.2. The Morgan fingerprint density at radius 2 is 1.85 bits per heavy atom. The van der Waals surface area contributed by atoms with Crippen LogP contribution in [0.2, 0.25) is 0 Å². The van der Waals surface area contributed by atoms with E-state index in [2.05, 4.69) is 30.0 Å². The summed E-state index contributed by atoms with van der Waals surface area (Å²) in [6, 6.07) is 8.72. The number of halogens is 3. The molecule has 0 spiro atoms. The zero-order chi connectivity index (χ0) is 24.1. The molecule has 12 heteroatoms. The predicted octanol–water partition coefficient (Wildman–Crippen LogP) is 4.46. The highest BCUT2D eigenvalue weighted by Crippen LogP contribution is 2.35. The Kier molecular flexibility index (Phi) is 7.09. The van der Waals surface area contributed by atoms with Gasteiger partial charge in [0.05, 0.1) is 22.6 Å². The van der Waals surface area contributed by atoms with Gasteiger partial charge in [-0.05, 0) is 24.3 Å². The molecule has 2 N–H and O–H groups in total. The maximum atomic E-state index is 14.8. The number of benzene rings is 1. The van der Waals surface area contributed by atoms with Crippen LogP contribution in [0.15, 0.2) is 61.2 Å². The molecular weight excluding hydrogens is 469 g/mol. The summed E-state index contributed by atoms with van der Waals surface area (Å²) in [5, 5.41) is 2.79. The first-order valence-electron chi connectivity index (χ1n) is 9.81. The largest absolute Gasteiger partial charge is 0.593 e. The number of hydrogen-bond donors (Lipinski definition) is 2. The molecule has 8 nitrogen and oxygen atoms in total. The summed E-state index contributed by atoms with van der Waals surface area (Å²) in [7, 11) is 1.64. The third-order valence-corrected chi connectivity index (χ3v) is 5.52.